The van der Waals surface area contributed by atoms with Gasteiger partial charge in [0.15, 0.2) is 0 Å². The Bertz CT molecular complexity index is 311. The number of aliphatic hydroxyl groups is 1. The molecule has 3 N–H and O–H groups in total. The van der Waals surface area contributed by atoms with Crippen LogP contribution >= 0.6 is 0 Å². The minimum Gasteiger partial charge on any atom is -0.461 e. The Hall–Kier alpha value is -1.39. The summed E-state index contributed by atoms with van der Waals surface area (Å²) in [5.41, 5.74) is 6.11. The molecule has 0 aromatic heterocycles. The Morgan fingerprint density at radius 3 is 2.69 bits per heavy atom. The number of benzene rings is 1. The van der Waals surface area contributed by atoms with Gasteiger partial charge < -0.3 is 15.6 Å². The van der Waals surface area contributed by atoms with Crippen molar-refractivity contribution < 1.29 is 14.6 Å². The number of nitrogens with two attached hydrogens (primary N) is 1. The van der Waals surface area contributed by atoms with Gasteiger partial charge in [0.2, 0.25) is 0 Å². The van der Waals surface area contributed by atoms with Gasteiger partial charge in [-0.1, -0.05) is 30.3 Å². The van der Waals surface area contributed by atoms with Crippen LogP contribution in [0.5, 0.6) is 0 Å². The zero-order valence-corrected chi connectivity index (χ0v) is 9.13. The summed E-state index contributed by atoms with van der Waals surface area (Å²) in [6.07, 6.45) is 0.411. The Balaban J connectivity index is 2.16. The molecule has 0 radical (unpaired) electrons. The number of hydrogen-bond acceptors (Lipinski definition) is 4. The summed E-state index contributed by atoms with van der Waals surface area (Å²) in [4.78, 5) is 11.3. The van der Waals surface area contributed by atoms with Gasteiger partial charge in [0.25, 0.3) is 0 Å². The fourth-order valence-corrected chi connectivity index (χ4v) is 1.27. The third kappa shape index (κ3) is 5.48. The first-order valence-corrected chi connectivity index (χ1v) is 5.31. The van der Waals surface area contributed by atoms with Gasteiger partial charge >= 0.3 is 5.97 Å². The molecule has 0 fully saturated rings. The van der Waals surface area contributed by atoms with Gasteiger partial charge in [0, 0.05) is 6.42 Å². The number of carbonyl (C=O) groups is 1. The lowest BCUT2D eigenvalue weighted by Gasteiger charge is -2.05. The Morgan fingerprint density at radius 2 is 2.06 bits per heavy atom. The van der Waals surface area contributed by atoms with E-state index in [0.717, 1.165) is 5.56 Å². The van der Waals surface area contributed by atoms with E-state index in [-0.39, 0.29) is 5.97 Å². The van der Waals surface area contributed by atoms with Crippen LogP contribution in [-0.2, 0) is 16.1 Å². The van der Waals surface area contributed by atoms with Crippen molar-refractivity contribution >= 4 is 5.97 Å². The van der Waals surface area contributed by atoms with Crippen LogP contribution in [0.25, 0.3) is 0 Å². The van der Waals surface area contributed by atoms with Gasteiger partial charge in [-0.2, -0.15) is 0 Å². The van der Waals surface area contributed by atoms with Crippen molar-refractivity contribution in [3.63, 3.8) is 0 Å². The van der Waals surface area contributed by atoms with Gasteiger partial charge in [-0.05, 0) is 18.4 Å². The van der Waals surface area contributed by atoms with E-state index in [0.29, 0.717) is 25.9 Å². The van der Waals surface area contributed by atoms with Crippen LogP contribution in [0.15, 0.2) is 30.3 Å². The van der Waals surface area contributed by atoms with Crippen molar-refractivity contribution in [1.82, 2.24) is 0 Å². The number of hydrogen-bond donors (Lipinski definition) is 2. The topological polar surface area (TPSA) is 72.5 Å². The van der Waals surface area contributed by atoms with Crippen LogP contribution in [0.1, 0.15) is 24.8 Å². The van der Waals surface area contributed by atoms with Crippen molar-refractivity contribution in [2.45, 2.75) is 32.1 Å². The summed E-state index contributed by atoms with van der Waals surface area (Å²) < 4.78 is 5.05. The minimum atomic E-state index is -0.845. The zero-order valence-electron chi connectivity index (χ0n) is 9.13. The lowest BCUT2D eigenvalue weighted by atomic mass is 10.2. The molecule has 0 amide bonds. The van der Waals surface area contributed by atoms with Crippen LogP contribution in [0, 0.1) is 0 Å². The van der Waals surface area contributed by atoms with Crippen molar-refractivity contribution in [2.24, 2.45) is 5.73 Å². The van der Waals surface area contributed by atoms with Crippen LogP contribution in [-0.4, -0.2) is 17.3 Å². The number of carbonyl (C=O) groups excluding carboxylic acids is 1. The fraction of sp³-hybridized carbons (Fsp3) is 0.417. The maximum Gasteiger partial charge on any atom is 0.306 e. The van der Waals surface area contributed by atoms with Crippen LogP contribution < -0.4 is 5.73 Å². The first-order valence-electron chi connectivity index (χ1n) is 5.31. The molecular weight excluding hydrogens is 206 g/mol. The SMILES string of the molecule is NC(O)CCCC(=O)OCc1ccccc1. The maximum absolute atomic E-state index is 11.3. The number of esters is 1. The van der Waals surface area contributed by atoms with Crippen molar-refractivity contribution in [2.75, 3.05) is 0 Å². The Morgan fingerprint density at radius 1 is 1.38 bits per heavy atom. The molecule has 1 aromatic carbocycles. The van der Waals surface area contributed by atoms with E-state index in [9.17, 15) is 4.79 Å². The largest absolute Gasteiger partial charge is 0.461 e. The average molecular weight is 223 g/mol. The quantitative estimate of drug-likeness (QED) is 0.561. The van der Waals surface area contributed by atoms with Crippen LogP contribution in [0.4, 0.5) is 0 Å². The van der Waals surface area contributed by atoms with Crippen LogP contribution in [0.2, 0.25) is 0 Å². The predicted molar refractivity (Wildman–Crippen MR) is 60.3 cm³/mol. The van der Waals surface area contributed by atoms with E-state index in [1.165, 1.54) is 0 Å². The normalized spacial score (nSPS) is 12.1. The molecule has 0 bridgehead atoms. The summed E-state index contributed by atoms with van der Waals surface area (Å²) in [6, 6.07) is 9.50. The summed E-state index contributed by atoms with van der Waals surface area (Å²) in [5, 5.41) is 8.80. The highest BCUT2D eigenvalue weighted by atomic mass is 16.5. The monoisotopic (exact) mass is 223 g/mol. The van der Waals surface area contributed by atoms with E-state index in [4.69, 9.17) is 15.6 Å². The Labute approximate surface area is 95.0 Å². The predicted octanol–water partition coefficient (Wildman–Crippen LogP) is 1.18. The molecule has 1 rings (SSSR count). The highest BCUT2D eigenvalue weighted by Crippen LogP contribution is 2.04. The second-order valence-electron chi connectivity index (χ2n) is 3.61. The van der Waals surface area contributed by atoms with Gasteiger partial charge in [0.1, 0.15) is 12.8 Å². The van der Waals surface area contributed by atoms with Gasteiger partial charge in [0.05, 0.1) is 0 Å². The highest BCUT2D eigenvalue weighted by Gasteiger charge is 2.04. The highest BCUT2D eigenvalue weighted by molar-refractivity contribution is 5.69. The molecule has 88 valence electrons. The number of aliphatic hydroxyl groups excluding tert-OH is 1. The molecule has 0 aliphatic rings. The first kappa shape index (κ1) is 12.7. The van der Waals surface area contributed by atoms with E-state index in [1.807, 2.05) is 30.3 Å². The third-order valence-electron chi connectivity index (χ3n) is 2.12. The van der Waals surface area contributed by atoms with Crippen molar-refractivity contribution in [3.05, 3.63) is 35.9 Å². The van der Waals surface area contributed by atoms with E-state index >= 15 is 0 Å². The minimum absolute atomic E-state index is 0.260. The van der Waals surface area contributed by atoms with Gasteiger partial charge in [-0.3, -0.25) is 4.79 Å². The molecule has 4 heteroatoms. The summed E-state index contributed by atoms with van der Waals surface area (Å²) in [5.74, 6) is -0.260. The van der Waals surface area contributed by atoms with Crippen molar-refractivity contribution in [3.8, 4) is 0 Å². The molecule has 1 atom stereocenters. The lowest BCUT2D eigenvalue weighted by Crippen LogP contribution is -2.18. The molecule has 16 heavy (non-hydrogen) atoms. The van der Waals surface area contributed by atoms with Crippen molar-refractivity contribution in [1.29, 1.82) is 0 Å². The molecule has 1 aromatic rings. The third-order valence-corrected chi connectivity index (χ3v) is 2.12. The van der Waals surface area contributed by atoms with E-state index in [1.54, 1.807) is 0 Å². The van der Waals surface area contributed by atoms with Crippen LogP contribution in [0.3, 0.4) is 0 Å². The zero-order chi connectivity index (χ0) is 11.8. The molecule has 0 heterocycles. The second-order valence-corrected chi connectivity index (χ2v) is 3.61. The number of rotatable bonds is 6. The molecule has 0 saturated carbocycles. The van der Waals surface area contributed by atoms with E-state index < -0.39 is 6.23 Å². The summed E-state index contributed by atoms with van der Waals surface area (Å²) in [7, 11) is 0. The molecule has 4 nitrogen and oxygen atoms in total. The molecular formula is C12H17NO3. The molecule has 0 spiro atoms. The van der Waals surface area contributed by atoms with E-state index in [2.05, 4.69) is 0 Å². The molecule has 0 saturated heterocycles. The lowest BCUT2D eigenvalue weighted by molar-refractivity contribution is -0.145. The molecule has 1 unspecified atom stereocenters. The summed E-state index contributed by atoms with van der Waals surface area (Å²) in [6.45, 7) is 0.296. The molecule has 0 aliphatic heterocycles. The van der Waals surface area contributed by atoms with Gasteiger partial charge in [-0.15, -0.1) is 0 Å². The second kappa shape index (κ2) is 6.98. The fourth-order valence-electron chi connectivity index (χ4n) is 1.27. The summed E-state index contributed by atoms with van der Waals surface area (Å²) >= 11 is 0. The number of ether oxygens (including phenoxy) is 1. The average Bonchev–Trinajstić information content (AvgIpc) is 2.27. The standard InChI is InChI=1S/C12H17NO3/c13-11(14)7-4-8-12(15)16-9-10-5-2-1-3-6-10/h1-3,5-6,11,14H,4,7-9,13H2. The first-order chi connectivity index (χ1) is 7.68. The van der Waals surface area contributed by atoms with Gasteiger partial charge in [-0.25, -0.2) is 0 Å². The smallest absolute Gasteiger partial charge is 0.306 e. The Kier molecular flexibility index (Phi) is 5.53. The maximum atomic E-state index is 11.3. The molecule has 0 aliphatic carbocycles.